The third-order valence-electron chi connectivity index (χ3n) is 5.40. The van der Waals surface area contributed by atoms with Crippen LogP contribution in [-0.2, 0) is 13.0 Å². The Kier molecular flexibility index (Phi) is 4.99. The zero-order valence-corrected chi connectivity index (χ0v) is 14.9. The average molecular weight is 345 g/mol. The van der Waals surface area contributed by atoms with Crippen molar-refractivity contribution in [3.05, 3.63) is 71.2 Å². The minimum atomic E-state index is 0.603. The summed E-state index contributed by atoms with van der Waals surface area (Å²) in [6, 6.07) is 16.3. The summed E-state index contributed by atoms with van der Waals surface area (Å²) in [5, 5.41) is 5.29. The molecular formula is C22H23N3O. The van der Waals surface area contributed by atoms with E-state index < -0.39 is 0 Å². The Labute approximate surface area is 154 Å². The molecule has 0 unspecified atom stereocenters. The monoisotopic (exact) mass is 345 g/mol. The summed E-state index contributed by atoms with van der Waals surface area (Å²) in [6.07, 6.45) is 4.62. The average Bonchev–Trinajstić information content (AvgIpc) is 3.10. The summed E-state index contributed by atoms with van der Waals surface area (Å²) in [5.41, 5.74) is 3.76. The maximum Gasteiger partial charge on any atom is 0.191 e. The number of rotatable bonds is 5. The normalized spacial score (nSPS) is 16.0. The van der Waals surface area contributed by atoms with Gasteiger partial charge in [-0.25, -0.2) is 4.85 Å². The van der Waals surface area contributed by atoms with Gasteiger partial charge in [0.05, 0.1) is 12.3 Å². The third kappa shape index (κ3) is 3.79. The Hall–Kier alpha value is -2.64. The molecule has 1 fully saturated rings. The number of piperidine rings is 1. The number of benzene rings is 2. The van der Waals surface area contributed by atoms with Crippen molar-refractivity contribution in [2.75, 3.05) is 13.1 Å². The van der Waals surface area contributed by atoms with Crippen molar-refractivity contribution in [3.63, 3.8) is 0 Å². The molecule has 132 valence electrons. The summed E-state index contributed by atoms with van der Waals surface area (Å²) >= 11 is 0. The Morgan fingerprint density at radius 3 is 2.69 bits per heavy atom. The fraction of sp³-hybridized carbons (Fsp3) is 0.364. The second kappa shape index (κ2) is 7.72. The van der Waals surface area contributed by atoms with Crippen molar-refractivity contribution < 1.29 is 4.52 Å². The highest BCUT2D eigenvalue weighted by molar-refractivity contribution is 5.83. The predicted molar refractivity (Wildman–Crippen MR) is 103 cm³/mol. The maximum absolute atomic E-state index is 7.09. The van der Waals surface area contributed by atoms with Crippen LogP contribution >= 0.6 is 0 Å². The van der Waals surface area contributed by atoms with E-state index in [1.165, 1.54) is 31.5 Å². The van der Waals surface area contributed by atoms with Crippen LogP contribution in [0.1, 0.15) is 30.5 Å². The molecule has 0 spiro atoms. The van der Waals surface area contributed by atoms with E-state index in [4.69, 9.17) is 11.1 Å². The van der Waals surface area contributed by atoms with Crippen LogP contribution in [0.15, 0.2) is 53.1 Å². The first-order chi connectivity index (χ1) is 12.8. The van der Waals surface area contributed by atoms with Crippen molar-refractivity contribution in [1.29, 1.82) is 0 Å². The number of aryl methyl sites for hydroxylation is 1. The largest absolute Gasteiger partial charge is 0.357 e. The van der Waals surface area contributed by atoms with E-state index in [2.05, 4.69) is 45.2 Å². The number of aromatic nitrogens is 1. The highest BCUT2D eigenvalue weighted by atomic mass is 16.5. The highest BCUT2D eigenvalue weighted by Crippen LogP contribution is 2.28. The van der Waals surface area contributed by atoms with Gasteiger partial charge in [0.25, 0.3) is 0 Å². The van der Waals surface area contributed by atoms with Crippen LogP contribution < -0.4 is 0 Å². The van der Waals surface area contributed by atoms with Gasteiger partial charge in [0.1, 0.15) is 0 Å². The SMILES string of the molecule is [C-]#[N+]c1ccc2c(CCC3CCN(Cc4ccccc4)CC3)noc2c1. The van der Waals surface area contributed by atoms with Crippen LogP contribution in [-0.4, -0.2) is 23.1 Å². The van der Waals surface area contributed by atoms with E-state index in [0.29, 0.717) is 5.69 Å². The number of hydrogen-bond acceptors (Lipinski definition) is 3. The lowest BCUT2D eigenvalue weighted by Crippen LogP contribution is -2.33. The lowest BCUT2D eigenvalue weighted by atomic mass is 9.91. The summed E-state index contributed by atoms with van der Waals surface area (Å²) in [7, 11) is 0. The first-order valence-corrected chi connectivity index (χ1v) is 9.34. The van der Waals surface area contributed by atoms with Crippen molar-refractivity contribution in [1.82, 2.24) is 10.1 Å². The molecule has 1 saturated heterocycles. The number of hydrogen-bond donors (Lipinski definition) is 0. The van der Waals surface area contributed by atoms with Crippen LogP contribution in [0, 0.1) is 12.5 Å². The second-order valence-electron chi connectivity index (χ2n) is 7.17. The van der Waals surface area contributed by atoms with Gasteiger partial charge in [-0.05, 0) is 56.3 Å². The number of nitrogens with zero attached hydrogens (tertiary/aromatic N) is 3. The minimum Gasteiger partial charge on any atom is -0.357 e. The predicted octanol–water partition coefficient (Wildman–Crippen LogP) is 5.22. The van der Waals surface area contributed by atoms with E-state index in [0.717, 1.165) is 42.0 Å². The van der Waals surface area contributed by atoms with E-state index in [9.17, 15) is 0 Å². The molecule has 0 radical (unpaired) electrons. The highest BCUT2D eigenvalue weighted by Gasteiger charge is 2.20. The molecule has 0 aliphatic carbocycles. The number of likely N-dealkylation sites (tertiary alicyclic amines) is 1. The molecule has 26 heavy (non-hydrogen) atoms. The molecule has 0 amide bonds. The molecule has 1 aliphatic heterocycles. The molecule has 1 aromatic heterocycles. The summed E-state index contributed by atoms with van der Waals surface area (Å²) < 4.78 is 5.41. The Morgan fingerprint density at radius 2 is 1.92 bits per heavy atom. The Bertz CT molecular complexity index is 902. The quantitative estimate of drug-likeness (QED) is 0.594. The Balaban J connectivity index is 1.29. The fourth-order valence-corrected chi connectivity index (χ4v) is 3.84. The molecule has 4 rings (SSSR count). The molecule has 2 aromatic carbocycles. The molecule has 0 N–H and O–H groups in total. The zero-order valence-electron chi connectivity index (χ0n) is 14.9. The fourth-order valence-electron chi connectivity index (χ4n) is 3.84. The molecule has 2 heterocycles. The third-order valence-corrected chi connectivity index (χ3v) is 5.40. The van der Waals surface area contributed by atoms with Gasteiger partial charge < -0.3 is 4.52 Å². The van der Waals surface area contributed by atoms with Crippen LogP contribution in [0.25, 0.3) is 15.8 Å². The molecule has 1 aliphatic rings. The zero-order chi connectivity index (χ0) is 17.8. The van der Waals surface area contributed by atoms with Crippen LogP contribution in [0.2, 0.25) is 0 Å². The topological polar surface area (TPSA) is 33.6 Å². The molecule has 0 atom stereocenters. The summed E-state index contributed by atoms with van der Waals surface area (Å²) in [4.78, 5) is 6.00. The molecule has 4 nitrogen and oxygen atoms in total. The van der Waals surface area contributed by atoms with Gasteiger partial charge in [0, 0.05) is 11.9 Å². The van der Waals surface area contributed by atoms with Gasteiger partial charge in [-0.15, -0.1) is 0 Å². The molecule has 0 bridgehead atoms. The van der Waals surface area contributed by atoms with Crippen molar-refractivity contribution >= 4 is 16.7 Å². The van der Waals surface area contributed by atoms with Crippen molar-refractivity contribution in [3.8, 4) is 0 Å². The van der Waals surface area contributed by atoms with Crippen molar-refractivity contribution in [2.24, 2.45) is 5.92 Å². The summed E-state index contributed by atoms with van der Waals surface area (Å²) in [6.45, 7) is 10.5. The van der Waals surface area contributed by atoms with Gasteiger partial charge in [0.2, 0.25) is 0 Å². The second-order valence-corrected chi connectivity index (χ2v) is 7.17. The van der Waals surface area contributed by atoms with E-state index in [1.54, 1.807) is 6.07 Å². The minimum absolute atomic E-state index is 0.603. The Morgan fingerprint density at radius 1 is 1.12 bits per heavy atom. The van der Waals surface area contributed by atoms with Gasteiger partial charge in [-0.3, -0.25) is 4.90 Å². The van der Waals surface area contributed by atoms with Crippen molar-refractivity contribution in [2.45, 2.75) is 32.2 Å². The first kappa shape index (κ1) is 16.8. The van der Waals surface area contributed by atoms with E-state index >= 15 is 0 Å². The lowest BCUT2D eigenvalue weighted by Gasteiger charge is -2.31. The van der Waals surface area contributed by atoms with Gasteiger partial charge in [0.15, 0.2) is 11.3 Å². The molecular weight excluding hydrogens is 322 g/mol. The molecule has 0 saturated carbocycles. The summed E-state index contributed by atoms with van der Waals surface area (Å²) in [5.74, 6) is 0.760. The maximum atomic E-state index is 7.09. The number of fused-ring (bicyclic) bond motifs is 1. The van der Waals surface area contributed by atoms with E-state index in [1.807, 2.05) is 12.1 Å². The lowest BCUT2D eigenvalue weighted by molar-refractivity contribution is 0.172. The van der Waals surface area contributed by atoms with Gasteiger partial charge >= 0.3 is 0 Å². The first-order valence-electron chi connectivity index (χ1n) is 9.34. The van der Waals surface area contributed by atoms with Crippen LogP contribution in [0.3, 0.4) is 0 Å². The molecule has 4 heteroatoms. The van der Waals surface area contributed by atoms with Crippen LogP contribution in [0.5, 0.6) is 0 Å². The molecule has 3 aromatic rings. The van der Waals surface area contributed by atoms with E-state index in [-0.39, 0.29) is 0 Å². The van der Waals surface area contributed by atoms with Gasteiger partial charge in [-0.2, -0.15) is 0 Å². The van der Waals surface area contributed by atoms with Crippen LogP contribution in [0.4, 0.5) is 5.69 Å². The smallest absolute Gasteiger partial charge is 0.191 e. The standard InChI is InChI=1S/C22H23N3O/c1-23-19-8-9-20-21(24-26-22(20)15-19)10-7-17-11-13-25(14-12-17)16-18-5-3-2-4-6-18/h2-6,8-9,15,17H,7,10-14,16H2. The van der Waals surface area contributed by atoms with Gasteiger partial charge in [-0.1, -0.05) is 47.6 Å².